The van der Waals surface area contributed by atoms with Crippen molar-refractivity contribution in [3.63, 3.8) is 0 Å². The van der Waals surface area contributed by atoms with Crippen molar-refractivity contribution >= 4 is 27.3 Å². The number of sulfonamides is 1. The van der Waals surface area contributed by atoms with E-state index in [-0.39, 0.29) is 23.4 Å². The molecule has 2 aromatic carbocycles. The Morgan fingerprint density at radius 1 is 1.13 bits per heavy atom. The van der Waals surface area contributed by atoms with Gasteiger partial charge in [-0.2, -0.15) is 4.31 Å². The Balaban J connectivity index is 1.81. The SMILES string of the molecule is CCOc1ccc(NCC(=O)N(c2ccccc2)C(C)C)cc1S(=O)(=O)N1CCCC1. The van der Waals surface area contributed by atoms with Crippen LogP contribution in [-0.4, -0.2) is 50.9 Å². The average molecular weight is 446 g/mol. The van der Waals surface area contributed by atoms with Gasteiger partial charge in [-0.15, -0.1) is 0 Å². The van der Waals surface area contributed by atoms with E-state index in [0.717, 1.165) is 18.5 Å². The zero-order chi connectivity index (χ0) is 22.4. The molecule has 0 aliphatic carbocycles. The number of amides is 1. The van der Waals surface area contributed by atoms with Crippen LogP contribution in [0.3, 0.4) is 0 Å². The third-order valence-electron chi connectivity index (χ3n) is 5.19. The maximum Gasteiger partial charge on any atom is 0.246 e. The van der Waals surface area contributed by atoms with Crippen LogP contribution >= 0.6 is 0 Å². The number of anilines is 2. The summed E-state index contributed by atoms with van der Waals surface area (Å²) in [4.78, 5) is 14.8. The number of nitrogens with zero attached hydrogens (tertiary/aromatic N) is 2. The number of ether oxygens (including phenoxy) is 1. The topological polar surface area (TPSA) is 79.0 Å². The van der Waals surface area contributed by atoms with E-state index in [1.807, 2.05) is 51.1 Å². The van der Waals surface area contributed by atoms with Gasteiger partial charge in [-0.1, -0.05) is 18.2 Å². The highest BCUT2D eigenvalue weighted by molar-refractivity contribution is 7.89. The van der Waals surface area contributed by atoms with Crippen LogP contribution in [0, 0.1) is 0 Å². The minimum Gasteiger partial charge on any atom is -0.492 e. The van der Waals surface area contributed by atoms with E-state index in [1.54, 1.807) is 23.1 Å². The van der Waals surface area contributed by atoms with Crippen LogP contribution in [0.1, 0.15) is 33.6 Å². The van der Waals surface area contributed by atoms with E-state index in [2.05, 4.69) is 5.32 Å². The smallest absolute Gasteiger partial charge is 0.246 e. The standard InChI is InChI=1S/C23H31N3O4S/c1-4-30-21-13-12-19(16-22(21)31(28,29)25-14-8-9-15-25)24-17-23(27)26(18(2)3)20-10-6-5-7-11-20/h5-7,10-13,16,18,24H,4,8-9,14-15,17H2,1-3H3. The predicted octanol–water partition coefficient (Wildman–Crippen LogP) is 3.72. The molecule has 0 atom stereocenters. The van der Waals surface area contributed by atoms with Crippen molar-refractivity contribution in [1.82, 2.24) is 4.31 Å². The summed E-state index contributed by atoms with van der Waals surface area (Å²) in [6.07, 6.45) is 1.72. The van der Waals surface area contributed by atoms with Crippen molar-refractivity contribution < 1.29 is 17.9 Å². The highest BCUT2D eigenvalue weighted by atomic mass is 32.2. The zero-order valence-corrected chi connectivity index (χ0v) is 19.2. The Morgan fingerprint density at radius 2 is 1.81 bits per heavy atom. The molecule has 1 saturated heterocycles. The summed E-state index contributed by atoms with van der Waals surface area (Å²) in [5, 5.41) is 3.09. The molecule has 1 amide bonds. The minimum absolute atomic E-state index is 0.0110. The molecule has 1 aliphatic heterocycles. The van der Waals surface area contributed by atoms with Crippen LogP contribution in [0.2, 0.25) is 0 Å². The number of rotatable bonds is 9. The second kappa shape index (κ2) is 10.2. The molecule has 1 heterocycles. The molecule has 0 aromatic heterocycles. The number of benzene rings is 2. The summed E-state index contributed by atoms with van der Waals surface area (Å²) in [6, 6.07) is 14.4. The lowest BCUT2D eigenvalue weighted by Gasteiger charge is -2.27. The number of hydrogen-bond acceptors (Lipinski definition) is 5. The number of hydrogen-bond donors (Lipinski definition) is 1. The van der Waals surface area contributed by atoms with Gasteiger partial charge in [-0.3, -0.25) is 4.79 Å². The van der Waals surface area contributed by atoms with Crippen LogP contribution < -0.4 is 15.0 Å². The summed E-state index contributed by atoms with van der Waals surface area (Å²) in [7, 11) is -3.65. The van der Waals surface area contributed by atoms with E-state index in [9.17, 15) is 13.2 Å². The van der Waals surface area contributed by atoms with Crippen molar-refractivity contribution in [2.24, 2.45) is 0 Å². The molecule has 1 aliphatic rings. The summed E-state index contributed by atoms with van der Waals surface area (Å²) in [5.74, 6) is 0.235. The molecule has 0 bridgehead atoms. The van der Waals surface area contributed by atoms with E-state index >= 15 is 0 Å². The maximum absolute atomic E-state index is 13.1. The Labute approximate surface area is 185 Å². The lowest BCUT2D eigenvalue weighted by atomic mass is 10.2. The van der Waals surface area contributed by atoms with Crippen molar-refractivity contribution in [1.29, 1.82) is 0 Å². The van der Waals surface area contributed by atoms with Gasteiger partial charge in [-0.25, -0.2) is 8.42 Å². The molecule has 7 nitrogen and oxygen atoms in total. The van der Waals surface area contributed by atoms with Crippen molar-refractivity contribution in [3.05, 3.63) is 48.5 Å². The average Bonchev–Trinajstić information content (AvgIpc) is 3.30. The normalized spacial score (nSPS) is 14.6. The van der Waals surface area contributed by atoms with Gasteiger partial charge in [0.1, 0.15) is 10.6 Å². The zero-order valence-electron chi connectivity index (χ0n) is 18.4. The number of carbonyl (C=O) groups excluding carboxylic acids is 1. The first kappa shape index (κ1) is 23.1. The monoisotopic (exact) mass is 445 g/mol. The molecule has 31 heavy (non-hydrogen) atoms. The summed E-state index contributed by atoms with van der Waals surface area (Å²) in [5.41, 5.74) is 1.39. The summed E-state index contributed by atoms with van der Waals surface area (Å²) in [6.45, 7) is 7.19. The fourth-order valence-corrected chi connectivity index (χ4v) is 5.42. The Kier molecular flexibility index (Phi) is 7.56. The van der Waals surface area contributed by atoms with Crippen LogP contribution in [0.5, 0.6) is 5.75 Å². The molecule has 0 unspecified atom stereocenters. The van der Waals surface area contributed by atoms with Gasteiger partial charge in [0.25, 0.3) is 0 Å². The van der Waals surface area contributed by atoms with Crippen LogP contribution in [0.4, 0.5) is 11.4 Å². The van der Waals surface area contributed by atoms with Gasteiger partial charge in [0.15, 0.2) is 0 Å². The molecular weight excluding hydrogens is 414 g/mol. The summed E-state index contributed by atoms with van der Waals surface area (Å²) < 4.78 is 33.4. The quantitative estimate of drug-likeness (QED) is 0.636. The Morgan fingerprint density at radius 3 is 2.42 bits per heavy atom. The number of para-hydroxylation sites is 1. The molecule has 2 aromatic rings. The van der Waals surface area contributed by atoms with Gasteiger partial charge in [-0.05, 0) is 63.9 Å². The lowest BCUT2D eigenvalue weighted by Crippen LogP contribution is -2.40. The second-order valence-electron chi connectivity index (χ2n) is 7.75. The van der Waals surface area contributed by atoms with Crippen LogP contribution in [-0.2, 0) is 14.8 Å². The minimum atomic E-state index is -3.65. The lowest BCUT2D eigenvalue weighted by molar-refractivity contribution is -0.117. The van der Waals surface area contributed by atoms with Crippen molar-refractivity contribution in [2.45, 2.75) is 44.6 Å². The molecule has 8 heteroatoms. The van der Waals surface area contributed by atoms with Crippen LogP contribution in [0.25, 0.3) is 0 Å². The highest BCUT2D eigenvalue weighted by Gasteiger charge is 2.30. The van der Waals surface area contributed by atoms with Crippen molar-refractivity contribution in [2.75, 3.05) is 36.5 Å². The van der Waals surface area contributed by atoms with E-state index in [4.69, 9.17) is 4.74 Å². The van der Waals surface area contributed by atoms with Gasteiger partial charge in [0.05, 0.1) is 13.2 Å². The third-order valence-corrected chi connectivity index (χ3v) is 7.11. The summed E-state index contributed by atoms with van der Waals surface area (Å²) >= 11 is 0. The van der Waals surface area contributed by atoms with E-state index in [1.165, 1.54) is 4.31 Å². The molecule has 168 valence electrons. The predicted molar refractivity (Wildman–Crippen MR) is 123 cm³/mol. The molecule has 3 rings (SSSR count). The number of carbonyl (C=O) groups is 1. The van der Waals surface area contributed by atoms with Gasteiger partial charge < -0.3 is 15.0 Å². The first-order valence-corrected chi connectivity index (χ1v) is 12.2. The number of nitrogens with one attached hydrogen (secondary N) is 1. The van der Waals surface area contributed by atoms with Gasteiger partial charge >= 0.3 is 0 Å². The molecule has 0 saturated carbocycles. The van der Waals surface area contributed by atoms with Gasteiger partial charge in [0, 0.05) is 30.5 Å². The van der Waals surface area contributed by atoms with E-state index < -0.39 is 10.0 Å². The third kappa shape index (κ3) is 5.37. The molecular formula is C23H31N3O4S. The Bertz CT molecular complexity index is 987. The fraction of sp³-hybridized carbons (Fsp3) is 0.435. The Hall–Kier alpha value is -2.58. The molecule has 1 N–H and O–H groups in total. The first-order chi connectivity index (χ1) is 14.8. The van der Waals surface area contributed by atoms with Crippen molar-refractivity contribution in [3.8, 4) is 5.75 Å². The molecule has 0 radical (unpaired) electrons. The fourth-order valence-electron chi connectivity index (χ4n) is 3.74. The van der Waals surface area contributed by atoms with E-state index in [0.29, 0.717) is 31.1 Å². The molecule has 0 spiro atoms. The maximum atomic E-state index is 13.1. The largest absolute Gasteiger partial charge is 0.492 e. The first-order valence-electron chi connectivity index (χ1n) is 10.7. The van der Waals surface area contributed by atoms with Gasteiger partial charge in [0.2, 0.25) is 15.9 Å². The van der Waals surface area contributed by atoms with Crippen LogP contribution in [0.15, 0.2) is 53.4 Å². The second-order valence-corrected chi connectivity index (χ2v) is 9.66. The highest BCUT2D eigenvalue weighted by Crippen LogP contribution is 2.31. The molecule has 1 fully saturated rings.